The van der Waals surface area contributed by atoms with Gasteiger partial charge in [0.1, 0.15) is 5.75 Å². The lowest BCUT2D eigenvalue weighted by Gasteiger charge is -2.03. The Kier molecular flexibility index (Phi) is 5.41. The predicted molar refractivity (Wildman–Crippen MR) is 102 cm³/mol. The van der Waals surface area contributed by atoms with Gasteiger partial charge in [-0.15, -0.1) is 0 Å². The molecule has 0 aliphatic rings. The summed E-state index contributed by atoms with van der Waals surface area (Å²) in [5.41, 5.74) is 3.14. The summed E-state index contributed by atoms with van der Waals surface area (Å²) in [6.07, 6.45) is 6.01. The standard InChI is InChI=1S/C20H19ClN2O2/c1-25-17-7-8-19-18(12-17)15(13-23-19)10-11-22-20(24)9-4-14-2-5-16(21)6-3-14/h2-9,12-13,23H,10-11H2,1H3,(H,22,24). The van der Waals surface area contributed by atoms with Crippen LogP contribution in [0.25, 0.3) is 17.0 Å². The molecule has 3 rings (SSSR count). The Bertz CT molecular complexity index is 898. The van der Waals surface area contributed by atoms with Crippen LogP contribution in [0.2, 0.25) is 5.02 Å². The molecular formula is C20H19ClN2O2. The number of aromatic nitrogens is 1. The number of carbonyl (C=O) groups excluding carboxylic acids is 1. The smallest absolute Gasteiger partial charge is 0.244 e. The first-order valence-corrected chi connectivity index (χ1v) is 8.39. The van der Waals surface area contributed by atoms with Gasteiger partial charge in [0.05, 0.1) is 7.11 Å². The van der Waals surface area contributed by atoms with Crippen LogP contribution in [0, 0.1) is 0 Å². The van der Waals surface area contributed by atoms with E-state index >= 15 is 0 Å². The summed E-state index contributed by atoms with van der Waals surface area (Å²) in [6, 6.07) is 13.2. The monoisotopic (exact) mass is 354 g/mol. The number of H-pyrrole nitrogens is 1. The first-order valence-electron chi connectivity index (χ1n) is 8.01. The van der Waals surface area contributed by atoms with Crippen molar-refractivity contribution in [2.24, 2.45) is 0 Å². The third-order valence-corrected chi connectivity index (χ3v) is 4.22. The zero-order chi connectivity index (χ0) is 17.6. The number of hydrogen-bond acceptors (Lipinski definition) is 2. The first kappa shape index (κ1) is 17.1. The molecular weight excluding hydrogens is 336 g/mol. The Hall–Kier alpha value is -2.72. The van der Waals surface area contributed by atoms with Crippen LogP contribution >= 0.6 is 11.6 Å². The SMILES string of the molecule is COc1ccc2[nH]cc(CCNC(=O)C=Cc3ccc(Cl)cc3)c2c1. The summed E-state index contributed by atoms with van der Waals surface area (Å²) in [5, 5.41) is 4.69. The minimum absolute atomic E-state index is 0.118. The van der Waals surface area contributed by atoms with Crippen LogP contribution in [0.4, 0.5) is 0 Å². The van der Waals surface area contributed by atoms with E-state index in [1.165, 1.54) is 6.08 Å². The van der Waals surface area contributed by atoms with Crippen LogP contribution in [-0.4, -0.2) is 24.5 Å². The zero-order valence-electron chi connectivity index (χ0n) is 13.9. The molecule has 0 unspecified atom stereocenters. The van der Waals surface area contributed by atoms with Crippen molar-refractivity contribution in [1.29, 1.82) is 0 Å². The number of halogens is 1. The number of rotatable bonds is 6. The highest BCUT2D eigenvalue weighted by Gasteiger charge is 2.05. The quantitative estimate of drug-likeness (QED) is 0.652. The molecule has 25 heavy (non-hydrogen) atoms. The lowest BCUT2D eigenvalue weighted by atomic mass is 10.1. The number of amides is 1. The minimum atomic E-state index is -0.118. The number of nitrogens with one attached hydrogen (secondary N) is 2. The molecule has 0 spiro atoms. The zero-order valence-corrected chi connectivity index (χ0v) is 14.6. The van der Waals surface area contributed by atoms with E-state index in [-0.39, 0.29) is 5.91 Å². The average molecular weight is 355 g/mol. The fourth-order valence-electron chi connectivity index (χ4n) is 2.62. The molecule has 0 saturated heterocycles. The molecule has 0 atom stereocenters. The summed E-state index contributed by atoms with van der Waals surface area (Å²) >= 11 is 5.84. The van der Waals surface area contributed by atoms with E-state index in [9.17, 15) is 4.79 Å². The van der Waals surface area contributed by atoms with Crippen molar-refractivity contribution in [3.63, 3.8) is 0 Å². The lowest BCUT2D eigenvalue weighted by molar-refractivity contribution is -0.116. The summed E-state index contributed by atoms with van der Waals surface area (Å²) in [7, 11) is 1.65. The molecule has 5 heteroatoms. The van der Waals surface area contributed by atoms with Crippen LogP contribution in [0.5, 0.6) is 5.75 Å². The Labute approximate surface area is 151 Å². The van der Waals surface area contributed by atoms with Crippen molar-refractivity contribution in [2.45, 2.75) is 6.42 Å². The van der Waals surface area contributed by atoms with Crippen molar-refractivity contribution in [1.82, 2.24) is 10.3 Å². The largest absolute Gasteiger partial charge is 0.497 e. The first-order chi connectivity index (χ1) is 12.2. The van der Waals surface area contributed by atoms with Crippen molar-refractivity contribution in [3.8, 4) is 5.75 Å². The van der Waals surface area contributed by atoms with E-state index in [0.29, 0.717) is 11.6 Å². The number of hydrogen-bond donors (Lipinski definition) is 2. The maximum Gasteiger partial charge on any atom is 0.244 e. The van der Waals surface area contributed by atoms with Gasteiger partial charge in [0.15, 0.2) is 0 Å². The molecule has 1 aromatic heterocycles. The lowest BCUT2D eigenvalue weighted by Crippen LogP contribution is -2.23. The number of ether oxygens (including phenoxy) is 1. The van der Waals surface area contributed by atoms with Crippen molar-refractivity contribution < 1.29 is 9.53 Å². The van der Waals surface area contributed by atoms with Crippen LogP contribution < -0.4 is 10.1 Å². The van der Waals surface area contributed by atoms with Crippen LogP contribution in [0.3, 0.4) is 0 Å². The minimum Gasteiger partial charge on any atom is -0.497 e. The number of methoxy groups -OCH3 is 1. The fraction of sp³-hybridized carbons (Fsp3) is 0.150. The van der Waals surface area contributed by atoms with E-state index in [1.54, 1.807) is 25.3 Å². The average Bonchev–Trinajstić information content (AvgIpc) is 3.03. The highest BCUT2D eigenvalue weighted by atomic mass is 35.5. The summed E-state index contributed by atoms with van der Waals surface area (Å²) in [6.45, 7) is 0.563. The van der Waals surface area contributed by atoms with Gasteiger partial charge in [-0.25, -0.2) is 0 Å². The second kappa shape index (κ2) is 7.90. The topological polar surface area (TPSA) is 54.1 Å². The fourth-order valence-corrected chi connectivity index (χ4v) is 2.74. The van der Waals surface area contributed by atoms with Gasteiger partial charge < -0.3 is 15.0 Å². The van der Waals surface area contributed by atoms with Crippen molar-refractivity contribution in [3.05, 3.63) is 70.9 Å². The third kappa shape index (κ3) is 4.43. The van der Waals surface area contributed by atoms with E-state index in [1.807, 2.05) is 36.5 Å². The van der Waals surface area contributed by atoms with Crippen molar-refractivity contribution >= 4 is 34.5 Å². The summed E-state index contributed by atoms with van der Waals surface area (Å²) in [5.74, 6) is 0.704. The Balaban J connectivity index is 1.55. The normalized spacial score (nSPS) is 11.1. The van der Waals surface area contributed by atoms with Gasteiger partial charge in [-0.2, -0.15) is 0 Å². The number of fused-ring (bicyclic) bond motifs is 1. The van der Waals surface area contributed by atoms with E-state index < -0.39 is 0 Å². The van der Waals surface area contributed by atoms with Gasteiger partial charge in [-0.1, -0.05) is 23.7 Å². The molecule has 0 aliphatic carbocycles. The van der Waals surface area contributed by atoms with Gasteiger partial charge in [-0.3, -0.25) is 4.79 Å². The molecule has 0 fully saturated rings. The molecule has 0 radical (unpaired) electrons. The molecule has 3 aromatic rings. The Morgan fingerprint density at radius 2 is 2.04 bits per heavy atom. The Morgan fingerprint density at radius 3 is 2.80 bits per heavy atom. The molecule has 1 amide bonds. The third-order valence-electron chi connectivity index (χ3n) is 3.97. The van der Waals surface area contributed by atoms with E-state index in [4.69, 9.17) is 16.3 Å². The molecule has 2 aromatic carbocycles. The van der Waals surface area contributed by atoms with E-state index in [0.717, 1.165) is 34.2 Å². The van der Waals surface area contributed by atoms with Gasteiger partial charge >= 0.3 is 0 Å². The Morgan fingerprint density at radius 1 is 1.24 bits per heavy atom. The number of carbonyl (C=O) groups is 1. The van der Waals surface area contributed by atoms with E-state index in [2.05, 4.69) is 10.3 Å². The van der Waals surface area contributed by atoms with Gasteiger partial charge in [0, 0.05) is 34.7 Å². The van der Waals surface area contributed by atoms with Gasteiger partial charge in [-0.05, 0) is 54.0 Å². The maximum absolute atomic E-state index is 11.9. The molecule has 2 N–H and O–H groups in total. The second-order valence-electron chi connectivity index (χ2n) is 5.65. The summed E-state index contributed by atoms with van der Waals surface area (Å²) < 4.78 is 5.27. The molecule has 0 bridgehead atoms. The van der Waals surface area contributed by atoms with Crippen LogP contribution in [0.1, 0.15) is 11.1 Å². The molecule has 128 valence electrons. The highest BCUT2D eigenvalue weighted by molar-refractivity contribution is 6.30. The van der Waals surface area contributed by atoms with Crippen molar-refractivity contribution in [2.75, 3.05) is 13.7 Å². The molecule has 0 aliphatic heterocycles. The number of benzene rings is 2. The van der Waals surface area contributed by atoms with Crippen LogP contribution in [0.15, 0.2) is 54.7 Å². The molecule has 4 nitrogen and oxygen atoms in total. The van der Waals surface area contributed by atoms with Crippen LogP contribution in [-0.2, 0) is 11.2 Å². The molecule has 0 saturated carbocycles. The molecule has 1 heterocycles. The summed E-state index contributed by atoms with van der Waals surface area (Å²) in [4.78, 5) is 15.2. The van der Waals surface area contributed by atoms with Gasteiger partial charge in [0.25, 0.3) is 0 Å². The van der Waals surface area contributed by atoms with Gasteiger partial charge in [0.2, 0.25) is 5.91 Å². The predicted octanol–water partition coefficient (Wildman–Crippen LogP) is 4.20. The second-order valence-corrected chi connectivity index (χ2v) is 6.09. The maximum atomic E-state index is 11.9. The highest BCUT2D eigenvalue weighted by Crippen LogP contribution is 2.23. The number of aromatic amines is 1.